The Morgan fingerprint density at radius 3 is 2.35 bits per heavy atom. The molecule has 0 bridgehead atoms. The number of carbonyl (C=O) groups is 2. The summed E-state index contributed by atoms with van der Waals surface area (Å²) in [5.41, 5.74) is 1.75. The minimum atomic E-state index is -0.905. The summed E-state index contributed by atoms with van der Waals surface area (Å²) in [6, 6.07) is 7.27. The molecule has 1 unspecified atom stereocenters. The predicted molar refractivity (Wildman–Crippen MR) is 103 cm³/mol. The third kappa shape index (κ3) is 2.66. The number of benzene rings is 1. The third-order valence-corrected chi connectivity index (χ3v) is 6.36. The van der Waals surface area contributed by atoms with Crippen LogP contribution in [0.15, 0.2) is 35.4 Å². The van der Waals surface area contributed by atoms with Crippen LogP contribution in [0.2, 0.25) is 5.02 Å². The zero-order chi connectivity index (χ0) is 18.3. The van der Waals surface area contributed by atoms with Crippen LogP contribution in [0.5, 0.6) is 0 Å². The van der Waals surface area contributed by atoms with Gasteiger partial charge in [0.15, 0.2) is 0 Å². The molecule has 0 N–H and O–H groups in total. The second-order valence-electron chi connectivity index (χ2n) is 7.71. The topological polar surface area (TPSA) is 40.6 Å². The summed E-state index contributed by atoms with van der Waals surface area (Å²) in [7, 11) is 0. The Morgan fingerprint density at radius 1 is 1.00 bits per heavy atom. The number of piperidine rings is 1. The van der Waals surface area contributed by atoms with Crippen LogP contribution in [0.1, 0.15) is 51.9 Å². The second-order valence-corrected chi connectivity index (χ2v) is 8.14. The predicted octanol–water partition coefficient (Wildman–Crippen LogP) is 4.33. The lowest BCUT2D eigenvalue weighted by atomic mass is 9.81. The van der Waals surface area contributed by atoms with Crippen molar-refractivity contribution in [1.82, 2.24) is 4.90 Å². The van der Waals surface area contributed by atoms with Crippen molar-refractivity contribution >= 4 is 29.1 Å². The molecular weight excluding hydrogens is 348 g/mol. The van der Waals surface area contributed by atoms with Gasteiger partial charge in [0.25, 0.3) is 11.8 Å². The highest BCUT2D eigenvalue weighted by molar-refractivity contribution is 6.30. The van der Waals surface area contributed by atoms with Gasteiger partial charge in [0.2, 0.25) is 0 Å². The van der Waals surface area contributed by atoms with Gasteiger partial charge in [-0.2, -0.15) is 0 Å². The van der Waals surface area contributed by atoms with E-state index in [1.165, 1.54) is 6.42 Å². The van der Waals surface area contributed by atoms with E-state index in [0.717, 1.165) is 68.4 Å². The molecule has 0 aromatic heterocycles. The van der Waals surface area contributed by atoms with Crippen molar-refractivity contribution in [2.24, 2.45) is 0 Å². The summed E-state index contributed by atoms with van der Waals surface area (Å²) in [4.78, 5) is 30.6. The minimum Gasteiger partial charge on any atom is -0.340 e. The summed E-state index contributed by atoms with van der Waals surface area (Å²) >= 11 is 6.04. The highest BCUT2D eigenvalue weighted by Gasteiger charge is 2.55. The molecule has 138 valence electrons. The van der Waals surface area contributed by atoms with Crippen LogP contribution in [0.4, 0.5) is 5.69 Å². The largest absolute Gasteiger partial charge is 0.340 e. The first kappa shape index (κ1) is 17.6. The lowest BCUT2D eigenvalue weighted by Crippen LogP contribution is -2.58. The lowest BCUT2D eigenvalue weighted by Gasteiger charge is -2.41. The average molecular weight is 373 g/mol. The van der Waals surface area contributed by atoms with Crippen LogP contribution < -0.4 is 4.90 Å². The van der Waals surface area contributed by atoms with Gasteiger partial charge in [-0.15, -0.1) is 0 Å². The SMILES string of the molecule is CC1(C(=O)N2CCCCC2)C2=C(CCCC2)C(=O)N1c1ccc(Cl)cc1. The molecule has 1 saturated heterocycles. The Hall–Kier alpha value is -1.81. The maximum absolute atomic E-state index is 13.6. The number of carbonyl (C=O) groups excluding carboxylic acids is 2. The molecule has 2 aliphatic heterocycles. The zero-order valence-corrected chi connectivity index (χ0v) is 16.0. The molecule has 3 aliphatic rings. The molecule has 1 aromatic rings. The van der Waals surface area contributed by atoms with Gasteiger partial charge < -0.3 is 4.90 Å². The summed E-state index contributed by atoms with van der Waals surface area (Å²) in [6.07, 6.45) is 6.94. The van der Waals surface area contributed by atoms with E-state index >= 15 is 0 Å². The van der Waals surface area contributed by atoms with E-state index in [1.54, 1.807) is 17.0 Å². The molecular formula is C21H25ClN2O2. The van der Waals surface area contributed by atoms with E-state index in [1.807, 2.05) is 24.0 Å². The number of hydrogen-bond acceptors (Lipinski definition) is 2. The van der Waals surface area contributed by atoms with Crippen LogP contribution in [0.25, 0.3) is 0 Å². The molecule has 2 amide bonds. The van der Waals surface area contributed by atoms with Crippen molar-refractivity contribution in [1.29, 1.82) is 0 Å². The second kappa shape index (κ2) is 6.73. The molecule has 4 rings (SSSR count). The molecule has 1 aliphatic carbocycles. The quantitative estimate of drug-likeness (QED) is 0.775. The molecule has 2 heterocycles. The van der Waals surface area contributed by atoms with Crippen molar-refractivity contribution in [2.75, 3.05) is 18.0 Å². The fourth-order valence-corrected chi connectivity index (χ4v) is 4.87. The van der Waals surface area contributed by atoms with Gasteiger partial charge in [-0.25, -0.2) is 0 Å². The number of rotatable bonds is 2. The van der Waals surface area contributed by atoms with E-state index in [2.05, 4.69) is 0 Å². The van der Waals surface area contributed by atoms with Crippen LogP contribution in [0, 0.1) is 0 Å². The first-order valence-electron chi connectivity index (χ1n) is 9.65. The van der Waals surface area contributed by atoms with Gasteiger partial charge in [0.05, 0.1) is 0 Å². The van der Waals surface area contributed by atoms with Gasteiger partial charge >= 0.3 is 0 Å². The van der Waals surface area contributed by atoms with Gasteiger partial charge in [0, 0.05) is 29.4 Å². The van der Waals surface area contributed by atoms with Crippen molar-refractivity contribution in [3.8, 4) is 0 Å². The number of halogens is 1. The zero-order valence-electron chi connectivity index (χ0n) is 15.3. The van der Waals surface area contributed by atoms with Crippen LogP contribution in [-0.2, 0) is 9.59 Å². The Labute approximate surface area is 159 Å². The fourth-order valence-electron chi connectivity index (χ4n) is 4.75. The monoisotopic (exact) mass is 372 g/mol. The Kier molecular flexibility index (Phi) is 4.55. The van der Waals surface area contributed by atoms with E-state index in [0.29, 0.717) is 5.02 Å². The van der Waals surface area contributed by atoms with Crippen LogP contribution in [0.3, 0.4) is 0 Å². The molecule has 0 saturated carbocycles. The maximum Gasteiger partial charge on any atom is 0.255 e. The van der Waals surface area contributed by atoms with E-state index in [9.17, 15) is 9.59 Å². The number of anilines is 1. The molecule has 5 heteroatoms. The Morgan fingerprint density at radius 2 is 1.65 bits per heavy atom. The van der Waals surface area contributed by atoms with Crippen molar-refractivity contribution < 1.29 is 9.59 Å². The average Bonchev–Trinajstić information content (AvgIpc) is 2.91. The number of hydrogen-bond donors (Lipinski definition) is 0. The summed E-state index contributed by atoms with van der Waals surface area (Å²) in [6.45, 7) is 3.53. The summed E-state index contributed by atoms with van der Waals surface area (Å²) in [5, 5.41) is 0.627. The van der Waals surface area contributed by atoms with Crippen molar-refractivity contribution in [3.05, 3.63) is 40.4 Å². The first-order valence-corrected chi connectivity index (χ1v) is 10.0. The van der Waals surface area contributed by atoms with Crippen molar-refractivity contribution in [2.45, 2.75) is 57.4 Å². The Bertz CT molecular complexity index is 765. The standard InChI is InChI=1S/C21H25ClN2O2/c1-21(20(26)23-13-5-2-6-14-23)18-8-4-3-7-17(18)19(25)24(21)16-11-9-15(22)10-12-16/h9-12H,2-8,13-14H2,1H3. The summed E-state index contributed by atoms with van der Waals surface area (Å²) < 4.78 is 0. The lowest BCUT2D eigenvalue weighted by molar-refractivity contribution is -0.137. The van der Waals surface area contributed by atoms with Crippen molar-refractivity contribution in [3.63, 3.8) is 0 Å². The minimum absolute atomic E-state index is 0.00474. The van der Waals surface area contributed by atoms with E-state index in [-0.39, 0.29) is 11.8 Å². The van der Waals surface area contributed by atoms with Crippen LogP contribution in [-0.4, -0.2) is 35.3 Å². The number of amides is 2. The molecule has 0 spiro atoms. The first-order chi connectivity index (χ1) is 12.5. The summed E-state index contributed by atoms with van der Waals surface area (Å²) in [5.74, 6) is 0.0716. The van der Waals surface area contributed by atoms with Crippen LogP contribution >= 0.6 is 11.6 Å². The molecule has 0 radical (unpaired) electrons. The molecule has 1 fully saturated rings. The highest BCUT2D eigenvalue weighted by Crippen LogP contribution is 2.46. The number of likely N-dealkylation sites (tertiary alicyclic amines) is 1. The maximum atomic E-state index is 13.6. The van der Waals surface area contributed by atoms with E-state index < -0.39 is 5.54 Å². The smallest absolute Gasteiger partial charge is 0.255 e. The van der Waals surface area contributed by atoms with Gasteiger partial charge in [-0.05, 0) is 81.7 Å². The molecule has 1 aromatic carbocycles. The third-order valence-electron chi connectivity index (χ3n) is 6.11. The molecule has 4 nitrogen and oxygen atoms in total. The van der Waals surface area contributed by atoms with Gasteiger partial charge in [0.1, 0.15) is 5.54 Å². The van der Waals surface area contributed by atoms with Gasteiger partial charge in [-0.1, -0.05) is 11.6 Å². The molecule has 26 heavy (non-hydrogen) atoms. The molecule has 1 atom stereocenters. The Balaban J connectivity index is 1.79. The number of nitrogens with zero attached hydrogens (tertiary/aromatic N) is 2. The van der Waals surface area contributed by atoms with E-state index in [4.69, 9.17) is 11.6 Å². The normalized spacial score (nSPS) is 26.3. The van der Waals surface area contributed by atoms with Gasteiger partial charge in [-0.3, -0.25) is 14.5 Å². The fraction of sp³-hybridized carbons (Fsp3) is 0.524. The highest BCUT2D eigenvalue weighted by atomic mass is 35.5.